The Bertz CT molecular complexity index is 443. The number of rotatable bonds is 4. The highest BCUT2D eigenvalue weighted by molar-refractivity contribution is 7.15. The lowest BCUT2D eigenvalue weighted by Crippen LogP contribution is -2.43. The lowest BCUT2D eigenvalue weighted by atomic mass is 10.2. The van der Waals surface area contributed by atoms with Crippen LogP contribution in [-0.2, 0) is 11.3 Å². The molecule has 5 nitrogen and oxygen atoms in total. The highest BCUT2D eigenvalue weighted by Crippen LogP contribution is 2.25. The second-order valence-electron chi connectivity index (χ2n) is 5.08. The molecule has 1 amide bonds. The van der Waals surface area contributed by atoms with Crippen LogP contribution < -0.4 is 11.1 Å². The summed E-state index contributed by atoms with van der Waals surface area (Å²) in [6.07, 6.45) is 6.16. The molecule has 98 valence electrons. The number of hydrogen-bond acceptors (Lipinski definition) is 5. The maximum atomic E-state index is 12.1. The summed E-state index contributed by atoms with van der Waals surface area (Å²) < 4.78 is 0. The second kappa shape index (κ2) is 4.85. The van der Waals surface area contributed by atoms with Crippen LogP contribution in [0.1, 0.15) is 30.6 Å². The number of carbonyl (C=O) groups is 1. The Morgan fingerprint density at radius 2 is 2.39 bits per heavy atom. The summed E-state index contributed by atoms with van der Waals surface area (Å²) in [5, 5.41) is 3.70. The van der Waals surface area contributed by atoms with Crippen LogP contribution in [0.2, 0.25) is 0 Å². The Hall–Kier alpha value is -1.14. The van der Waals surface area contributed by atoms with E-state index in [4.69, 9.17) is 5.73 Å². The van der Waals surface area contributed by atoms with E-state index in [1.807, 2.05) is 6.20 Å². The number of amides is 1. The van der Waals surface area contributed by atoms with E-state index >= 15 is 0 Å². The summed E-state index contributed by atoms with van der Waals surface area (Å²) in [6, 6.07) is 0.480. The normalized spacial score (nSPS) is 24.3. The maximum absolute atomic E-state index is 12.1. The van der Waals surface area contributed by atoms with Crippen LogP contribution in [0, 0.1) is 0 Å². The standard InChI is InChI=1S/C12H18N4OS/c13-12-14-6-9(18-12)7-16-5-1-2-10(16)11(17)15-8-3-4-8/h6,8,10H,1-5,7H2,(H2,13,14)(H,15,17). The first-order valence-corrected chi connectivity index (χ1v) is 7.28. The number of nitrogens with one attached hydrogen (secondary N) is 1. The quantitative estimate of drug-likeness (QED) is 0.852. The largest absolute Gasteiger partial charge is 0.375 e. The summed E-state index contributed by atoms with van der Waals surface area (Å²) >= 11 is 1.51. The molecule has 2 aliphatic rings. The minimum atomic E-state index is 0.0360. The molecule has 0 bridgehead atoms. The van der Waals surface area contributed by atoms with Gasteiger partial charge in [0.25, 0.3) is 0 Å². The van der Waals surface area contributed by atoms with Crippen molar-refractivity contribution in [2.45, 2.75) is 44.3 Å². The zero-order chi connectivity index (χ0) is 12.5. The maximum Gasteiger partial charge on any atom is 0.237 e. The van der Waals surface area contributed by atoms with Gasteiger partial charge in [-0.15, -0.1) is 11.3 Å². The highest BCUT2D eigenvalue weighted by atomic mass is 32.1. The van der Waals surface area contributed by atoms with Gasteiger partial charge in [0, 0.05) is 23.7 Å². The lowest BCUT2D eigenvalue weighted by molar-refractivity contribution is -0.125. The molecular formula is C12H18N4OS. The molecule has 1 aliphatic carbocycles. The van der Waals surface area contributed by atoms with Crippen molar-refractivity contribution in [3.05, 3.63) is 11.1 Å². The fourth-order valence-electron chi connectivity index (χ4n) is 2.43. The number of aromatic nitrogens is 1. The molecule has 1 saturated carbocycles. The molecule has 1 aromatic heterocycles. The summed E-state index contributed by atoms with van der Waals surface area (Å²) in [7, 11) is 0. The second-order valence-corrected chi connectivity index (χ2v) is 6.22. The first kappa shape index (κ1) is 11.9. The van der Waals surface area contributed by atoms with Crippen molar-refractivity contribution in [3.8, 4) is 0 Å². The van der Waals surface area contributed by atoms with Crippen LogP contribution >= 0.6 is 11.3 Å². The van der Waals surface area contributed by atoms with Crippen molar-refractivity contribution in [2.75, 3.05) is 12.3 Å². The zero-order valence-electron chi connectivity index (χ0n) is 10.3. The van der Waals surface area contributed by atoms with Crippen molar-refractivity contribution in [3.63, 3.8) is 0 Å². The first-order chi connectivity index (χ1) is 8.72. The third-order valence-corrected chi connectivity index (χ3v) is 4.33. The molecular weight excluding hydrogens is 248 g/mol. The molecule has 1 aromatic rings. The predicted molar refractivity (Wildman–Crippen MR) is 71.1 cm³/mol. The smallest absolute Gasteiger partial charge is 0.237 e. The Morgan fingerprint density at radius 3 is 3.06 bits per heavy atom. The number of thiazole rings is 1. The van der Waals surface area contributed by atoms with Gasteiger partial charge in [0.2, 0.25) is 5.91 Å². The summed E-state index contributed by atoms with van der Waals surface area (Å²) in [5.74, 6) is 0.201. The van der Waals surface area contributed by atoms with Crippen molar-refractivity contribution in [2.24, 2.45) is 0 Å². The summed E-state index contributed by atoms with van der Waals surface area (Å²) in [6.45, 7) is 1.78. The predicted octanol–water partition coefficient (Wildman–Crippen LogP) is 0.968. The van der Waals surface area contributed by atoms with Crippen molar-refractivity contribution >= 4 is 22.4 Å². The number of nitrogens with zero attached hydrogens (tertiary/aromatic N) is 2. The van der Waals surface area contributed by atoms with Gasteiger partial charge in [-0.1, -0.05) is 0 Å². The van der Waals surface area contributed by atoms with Gasteiger partial charge in [-0.3, -0.25) is 9.69 Å². The molecule has 1 unspecified atom stereocenters. The van der Waals surface area contributed by atoms with Crippen molar-refractivity contribution in [1.82, 2.24) is 15.2 Å². The van der Waals surface area contributed by atoms with E-state index in [2.05, 4.69) is 15.2 Å². The van der Waals surface area contributed by atoms with E-state index in [0.717, 1.165) is 43.6 Å². The van der Waals surface area contributed by atoms with Gasteiger partial charge in [0.05, 0.1) is 6.04 Å². The van der Waals surface area contributed by atoms with E-state index < -0.39 is 0 Å². The molecule has 0 radical (unpaired) electrons. The fraction of sp³-hybridized carbons (Fsp3) is 0.667. The molecule has 6 heteroatoms. The molecule has 1 saturated heterocycles. The number of anilines is 1. The molecule has 0 aromatic carbocycles. The average Bonchev–Trinajstić information content (AvgIpc) is 2.87. The molecule has 3 rings (SSSR count). The zero-order valence-corrected chi connectivity index (χ0v) is 11.1. The number of nitrogen functional groups attached to an aromatic ring is 1. The molecule has 0 spiro atoms. The lowest BCUT2D eigenvalue weighted by Gasteiger charge is -2.22. The Labute approximate surface area is 110 Å². The van der Waals surface area contributed by atoms with Crippen molar-refractivity contribution in [1.29, 1.82) is 0 Å². The van der Waals surface area contributed by atoms with E-state index in [1.54, 1.807) is 0 Å². The van der Waals surface area contributed by atoms with Gasteiger partial charge in [0.15, 0.2) is 5.13 Å². The molecule has 2 heterocycles. The van der Waals surface area contributed by atoms with Crippen LogP contribution in [-0.4, -0.2) is 34.4 Å². The molecule has 1 aliphatic heterocycles. The summed E-state index contributed by atoms with van der Waals surface area (Å²) in [5.41, 5.74) is 5.63. The fourth-order valence-corrected chi connectivity index (χ4v) is 3.14. The highest BCUT2D eigenvalue weighted by Gasteiger charge is 2.33. The van der Waals surface area contributed by atoms with Crippen molar-refractivity contribution < 1.29 is 4.79 Å². The van der Waals surface area contributed by atoms with Gasteiger partial charge in [-0.2, -0.15) is 0 Å². The van der Waals surface area contributed by atoms with Crippen LogP contribution in [0.3, 0.4) is 0 Å². The van der Waals surface area contributed by atoms with Gasteiger partial charge >= 0.3 is 0 Å². The monoisotopic (exact) mass is 266 g/mol. The van der Waals surface area contributed by atoms with E-state index in [0.29, 0.717) is 11.2 Å². The number of carbonyl (C=O) groups excluding carboxylic acids is 1. The first-order valence-electron chi connectivity index (χ1n) is 6.47. The van der Waals surface area contributed by atoms with E-state index in [9.17, 15) is 4.79 Å². The Balaban J connectivity index is 1.61. The van der Waals surface area contributed by atoms with E-state index in [-0.39, 0.29) is 11.9 Å². The van der Waals surface area contributed by atoms with Crippen LogP contribution in [0.4, 0.5) is 5.13 Å². The van der Waals surface area contributed by atoms with Crippen LogP contribution in [0.15, 0.2) is 6.20 Å². The van der Waals surface area contributed by atoms with Crippen LogP contribution in [0.5, 0.6) is 0 Å². The molecule has 3 N–H and O–H groups in total. The van der Waals surface area contributed by atoms with E-state index in [1.165, 1.54) is 11.3 Å². The topological polar surface area (TPSA) is 71.2 Å². The SMILES string of the molecule is Nc1ncc(CN2CCCC2C(=O)NC2CC2)s1. The Kier molecular flexibility index (Phi) is 3.22. The minimum Gasteiger partial charge on any atom is -0.375 e. The number of nitrogens with two attached hydrogens (primary N) is 1. The third-order valence-electron chi connectivity index (χ3n) is 3.52. The average molecular weight is 266 g/mol. The van der Waals surface area contributed by atoms with Gasteiger partial charge in [-0.25, -0.2) is 4.98 Å². The number of likely N-dealkylation sites (tertiary alicyclic amines) is 1. The number of hydrogen-bond donors (Lipinski definition) is 2. The van der Waals surface area contributed by atoms with Crippen LogP contribution in [0.25, 0.3) is 0 Å². The summed E-state index contributed by atoms with van der Waals surface area (Å²) in [4.78, 5) is 19.5. The molecule has 18 heavy (non-hydrogen) atoms. The van der Waals surface area contributed by atoms with Gasteiger partial charge in [0.1, 0.15) is 0 Å². The molecule has 2 fully saturated rings. The molecule has 1 atom stereocenters. The van der Waals surface area contributed by atoms with Gasteiger partial charge < -0.3 is 11.1 Å². The minimum absolute atomic E-state index is 0.0360. The Morgan fingerprint density at radius 1 is 1.56 bits per heavy atom. The van der Waals surface area contributed by atoms with Gasteiger partial charge in [-0.05, 0) is 32.2 Å². The third kappa shape index (κ3) is 2.64.